The van der Waals surface area contributed by atoms with Gasteiger partial charge in [-0.15, -0.1) is 0 Å². The van der Waals surface area contributed by atoms with E-state index >= 15 is 0 Å². The number of hydrogen-bond donors (Lipinski definition) is 1. The molecule has 0 unspecified atom stereocenters. The van der Waals surface area contributed by atoms with Crippen LogP contribution in [0.25, 0.3) is 10.9 Å². The van der Waals surface area contributed by atoms with Crippen LogP contribution in [0.4, 0.5) is 10.1 Å². The van der Waals surface area contributed by atoms with E-state index in [9.17, 15) is 9.18 Å². The summed E-state index contributed by atoms with van der Waals surface area (Å²) in [5.41, 5.74) is 3.78. The molecule has 1 aromatic heterocycles. The Morgan fingerprint density at radius 1 is 1.17 bits per heavy atom. The zero-order valence-corrected chi connectivity index (χ0v) is 12.8. The second-order valence-corrected chi connectivity index (χ2v) is 6.13. The molecule has 1 N–H and O–H groups in total. The van der Waals surface area contributed by atoms with Crippen LogP contribution in [0.3, 0.4) is 0 Å². The van der Waals surface area contributed by atoms with E-state index in [-0.39, 0.29) is 11.7 Å². The first-order valence-corrected chi connectivity index (χ1v) is 7.78. The van der Waals surface area contributed by atoms with Crippen molar-refractivity contribution in [3.63, 3.8) is 0 Å². The molecule has 1 aliphatic rings. The number of halogens is 1. The number of rotatable bonds is 3. The molecular weight excluding hydrogens is 291 g/mol. The van der Waals surface area contributed by atoms with Gasteiger partial charge in [0, 0.05) is 24.2 Å². The highest BCUT2D eigenvalue weighted by molar-refractivity contribution is 6.09. The van der Waals surface area contributed by atoms with Gasteiger partial charge in [0.25, 0.3) is 5.91 Å². The van der Waals surface area contributed by atoms with Crippen LogP contribution in [0, 0.1) is 5.82 Å². The Hall–Kier alpha value is -2.62. The van der Waals surface area contributed by atoms with Gasteiger partial charge in [0.05, 0.1) is 11.2 Å². The van der Waals surface area contributed by atoms with Crippen LogP contribution in [0.15, 0.2) is 48.7 Å². The third-order valence-corrected chi connectivity index (χ3v) is 4.40. The maximum Gasteiger partial charge on any atom is 0.255 e. The average molecular weight is 308 g/mol. The van der Waals surface area contributed by atoms with E-state index in [2.05, 4.69) is 16.0 Å². The lowest BCUT2D eigenvalue weighted by Gasteiger charge is -2.05. The maximum absolute atomic E-state index is 13.0. The van der Waals surface area contributed by atoms with Crippen molar-refractivity contribution < 1.29 is 9.18 Å². The molecule has 0 spiro atoms. The molecule has 3 nitrogen and oxygen atoms in total. The van der Waals surface area contributed by atoms with Crippen LogP contribution in [-0.4, -0.2) is 10.5 Å². The predicted molar refractivity (Wildman–Crippen MR) is 89.2 cm³/mol. The van der Waals surface area contributed by atoms with Gasteiger partial charge in [-0.3, -0.25) is 4.79 Å². The summed E-state index contributed by atoms with van der Waals surface area (Å²) in [7, 11) is 2.00. The molecule has 1 aliphatic carbocycles. The van der Waals surface area contributed by atoms with Gasteiger partial charge in [-0.25, -0.2) is 4.39 Å². The number of para-hydroxylation sites is 1. The van der Waals surface area contributed by atoms with Crippen LogP contribution in [-0.2, 0) is 7.05 Å². The van der Waals surface area contributed by atoms with Gasteiger partial charge in [-0.2, -0.15) is 0 Å². The summed E-state index contributed by atoms with van der Waals surface area (Å²) >= 11 is 0. The Morgan fingerprint density at radius 2 is 1.91 bits per heavy atom. The Balaban J connectivity index is 1.70. The molecule has 3 aromatic rings. The van der Waals surface area contributed by atoms with Crippen LogP contribution < -0.4 is 5.32 Å². The Kier molecular flexibility index (Phi) is 3.18. The third kappa shape index (κ3) is 2.50. The van der Waals surface area contributed by atoms with Crippen molar-refractivity contribution in [3.05, 3.63) is 65.6 Å². The number of carbonyl (C=O) groups is 1. The molecule has 1 fully saturated rings. The number of aromatic nitrogens is 1. The molecule has 4 heteroatoms. The highest BCUT2D eigenvalue weighted by Gasteiger charge is 2.27. The number of nitrogens with zero attached hydrogens (tertiary/aromatic N) is 1. The number of fused-ring (bicyclic) bond motifs is 1. The van der Waals surface area contributed by atoms with Gasteiger partial charge in [-0.05, 0) is 48.6 Å². The summed E-state index contributed by atoms with van der Waals surface area (Å²) < 4.78 is 15.1. The standard InChI is InChI=1S/C19H17FN2O/c1-22-11-17(21-19(23)13-7-9-14(20)10-8-13)16-4-2-3-15(18(16)22)12-5-6-12/h2-4,7-12H,5-6H2,1H3,(H,21,23). The minimum Gasteiger partial charge on any atom is -0.348 e. The van der Waals surface area contributed by atoms with Crippen molar-refractivity contribution in [1.29, 1.82) is 0 Å². The molecule has 1 saturated carbocycles. The molecular formula is C19H17FN2O. The fourth-order valence-corrected chi connectivity index (χ4v) is 3.12. The van der Waals surface area contributed by atoms with Crippen molar-refractivity contribution in [1.82, 2.24) is 4.57 Å². The Labute approximate surface area is 133 Å². The Bertz CT molecular complexity index is 892. The minimum absolute atomic E-state index is 0.227. The largest absolute Gasteiger partial charge is 0.348 e. The monoisotopic (exact) mass is 308 g/mol. The van der Waals surface area contributed by atoms with E-state index < -0.39 is 0 Å². The third-order valence-electron chi connectivity index (χ3n) is 4.40. The van der Waals surface area contributed by atoms with Gasteiger partial charge >= 0.3 is 0 Å². The van der Waals surface area contributed by atoms with Crippen molar-refractivity contribution >= 4 is 22.5 Å². The van der Waals surface area contributed by atoms with Gasteiger partial charge < -0.3 is 9.88 Å². The average Bonchev–Trinajstić information content (AvgIpc) is 3.34. The second kappa shape index (κ2) is 5.23. The summed E-state index contributed by atoms with van der Waals surface area (Å²) in [6.07, 6.45) is 4.42. The first-order chi connectivity index (χ1) is 11.1. The number of hydrogen-bond acceptors (Lipinski definition) is 1. The highest BCUT2D eigenvalue weighted by Crippen LogP contribution is 2.44. The van der Waals surface area contributed by atoms with Crippen LogP contribution in [0.5, 0.6) is 0 Å². The molecule has 0 saturated heterocycles. The summed E-state index contributed by atoms with van der Waals surface area (Å²) in [6, 6.07) is 11.8. The molecule has 0 atom stereocenters. The number of anilines is 1. The molecule has 4 rings (SSSR count). The number of aryl methyl sites for hydroxylation is 1. The summed E-state index contributed by atoms with van der Waals surface area (Å²) in [5.74, 6) is 0.0723. The summed E-state index contributed by atoms with van der Waals surface area (Å²) in [4.78, 5) is 12.4. The fourth-order valence-electron chi connectivity index (χ4n) is 3.12. The molecule has 1 amide bonds. The van der Waals surface area contributed by atoms with Gasteiger partial charge in [-0.1, -0.05) is 18.2 Å². The maximum atomic E-state index is 13.0. The molecule has 0 radical (unpaired) electrons. The van der Waals surface area contributed by atoms with Crippen LogP contribution >= 0.6 is 0 Å². The predicted octanol–water partition coefficient (Wildman–Crippen LogP) is 4.45. The van der Waals surface area contributed by atoms with Crippen molar-refractivity contribution in [2.24, 2.45) is 7.05 Å². The van der Waals surface area contributed by atoms with Gasteiger partial charge in [0.15, 0.2) is 0 Å². The first-order valence-electron chi connectivity index (χ1n) is 7.78. The fraction of sp³-hybridized carbons (Fsp3) is 0.211. The van der Waals surface area contributed by atoms with E-state index in [0.29, 0.717) is 11.5 Å². The second-order valence-electron chi connectivity index (χ2n) is 6.13. The van der Waals surface area contributed by atoms with Crippen LogP contribution in [0.1, 0.15) is 34.7 Å². The molecule has 23 heavy (non-hydrogen) atoms. The van der Waals surface area contributed by atoms with E-state index in [1.165, 1.54) is 48.2 Å². The normalized spacial score (nSPS) is 14.2. The van der Waals surface area contributed by atoms with Gasteiger partial charge in [0.1, 0.15) is 5.82 Å². The number of carbonyl (C=O) groups excluding carboxylic acids is 1. The topological polar surface area (TPSA) is 34.0 Å². The summed E-state index contributed by atoms with van der Waals surface area (Å²) in [6.45, 7) is 0. The van der Waals surface area contributed by atoms with E-state index in [0.717, 1.165) is 11.1 Å². The zero-order valence-electron chi connectivity index (χ0n) is 12.8. The van der Waals surface area contributed by atoms with Crippen molar-refractivity contribution in [2.45, 2.75) is 18.8 Å². The molecule has 2 aromatic carbocycles. The van der Waals surface area contributed by atoms with Crippen LogP contribution in [0.2, 0.25) is 0 Å². The number of amides is 1. The van der Waals surface area contributed by atoms with E-state index in [1.54, 1.807) is 0 Å². The first kappa shape index (κ1) is 14.0. The molecule has 0 aliphatic heterocycles. The molecule has 116 valence electrons. The molecule has 1 heterocycles. The SMILES string of the molecule is Cn1cc(NC(=O)c2ccc(F)cc2)c2cccc(C3CC3)c21. The number of nitrogens with one attached hydrogen (secondary N) is 1. The van der Waals surface area contributed by atoms with Crippen molar-refractivity contribution in [2.75, 3.05) is 5.32 Å². The minimum atomic E-state index is -0.346. The summed E-state index contributed by atoms with van der Waals surface area (Å²) in [5, 5.41) is 3.99. The number of benzene rings is 2. The van der Waals surface area contributed by atoms with Crippen molar-refractivity contribution in [3.8, 4) is 0 Å². The quantitative estimate of drug-likeness (QED) is 0.762. The highest BCUT2D eigenvalue weighted by atomic mass is 19.1. The lowest BCUT2D eigenvalue weighted by Crippen LogP contribution is -2.11. The molecule has 0 bridgehead atoms. The Morgan fingerprint density at radius 3 is 2.61 bits per heavy atom. The van der Waals surface area contributed by atoms with Gasteiger partial charge in [0.2, 0.25) is 0 Å². The lowest BCUT2D eigenvalue weighted by atomic mass is 10.1. The zero-order chi connectivity index (χ0) is 16.0. The smallest absolute Gasteiger partial charge is 0.255 e. The van der Waals surface area contributed by atoms with E-state index in [1.807, 2.05) is 25.4 Å². The lowest BCUT2D eigenvalue weighted by molar-refractivity contribution is 0.102. The van der Waals surface area contributed by atoms with E-state index in [4.69, 9.17) is 0 Å².